The molecule has 0 amide bonds. The third-order valence-corrected chi connectivity index (χ3v) is 8.42. The summed E-state index contributed by atoms with van der Waals surface area (Å²) < 4.78 is 0. The summed E-state index contributed by atoms with van der Waals surface area (Å²) in [6.45, 7) is 2.73. The number of aromatic hydroxyl groups is 1. The lowest BCUT2D eigenvalue weighted by atomic mass is 9.55. The zero-order chi connectivity index (χ0) is 28.2. The Hall–Kier alpha value is -3.78. The molecule has 2 N–H and O–H groups in total. The number of hydrogen-bond donors (Lipinski definition) is 2. The number of aliphatic hydroxyl groups excluding tert-OH is 1. The van der Waals surface area contributed by atoms with E-state index in [4.69, 9.17) is 0 Å². The first-order valence-electron chi connectivity index (χ1n) is 13.3. The Morgan fingerprint density at radius 3 is 2.23 bits per heavy atom. The van der Waals surface area contributed by atoms with Crippen molar-refractivity contribution in [3.05, 3.63) is 53.1 Å². The number of carbonyl (C=O) groups is 6. The summed E-state index contributed by atoms with van der Waals surface area (Å²) in [7, 11) is 0. The standard InChI is InChI=1S/C31H30O8/c1-14(32)9-20(34)10-16-3-5-17(6-4-16)21-7-8-23(35)28-22(21)12-18-11-19-13-24(36)25(15(2)33)29(37)27(19)30(38)26(18)31(28)39/h3-8,14,18-19,25-27,32,35H,9-13H2,1-2H3/t14?,18-,19+,25?,26?,27?/m1/s1. The van der Waals surface area contributed by atoms with Crippen LogP contribution in [0.1, 0.15) is 54.6 Å². The molecular weight excluding hydrogens is 500 g/mol. The van der Waals surface area contributed by atoms with E-state index in [1.165, 1.54) is 13.0 Å². The minimum absolute atomic E-state index is 0.0429. The largest absolute Gasteiger partial charge is 0.507 e. The first-order chi connectivity index (χ1) is 18.5. The van der Waals surface area contributed by atoms with E-state index in [-0.39, 0.29) is 36.4 Å². The maximum atomic E-state index is 13.7. The fourth-order valence-corrected chi connectivity index (χ4v) is 6.82. The second-order valence-corrected chi connectivity index (χ2v) is 11.2. The number of rotatable bonds is 6. The van der Waals surface area contributed by atoms with Gasteiger partial charge >= 0.3 is 0 Å². The summed E-state index contributed by atoms with van der Waals surface area (Å²) in [5, 5.41) is 20.1. The van der Waals surface area contributed by atoms with E-state index < -0.39 is 64.6 Å². The molecule has 2 aromatic carbocycles. The predicted octanol–water partition coefficient (Wildman–Crippen LogP) is 2.87. The molecule has 8 nitrogen and oxygen atoms in total. The Bertz CT molecular complexity index is 1420. The Labute approximate surface area is 225 Å². The lowest BCUT2D eigenvalue weighted by molar-refractivity contribution is -0.152. The van der Waals surface area contributed by atoms with Crippen LogP contribution in [0.15, 0.2) is 36.4 Å². The number of phenolic OH excluding ortho intramolecular Hbond substituents is 1. The summed E-state index contributed by atoms with van der Waals surface area (Å²) >= 11 is 0. The quantitative estimate of drug-likeness (QED) is 0.543. The van der Waals surface area contributed by atoms with Crippen LogP contribution in [0, 0.1) is 29.6 Å². The summed E-state index contributed by atoms with van der Waals surface area (Å²) in [6, 6.07) is 10.4. The van der Waals surface area contributed by atoms with Gasteiger partial charge in [0.15, 0.2) is 23.1 Å². The van der Waals surface area contributed by atoms with Crippen LogP contribution < -0.4 is 0 Å². The maximum absolute atomic E-state index is 13.7. The Kier molecular flexibility index (Phi) is 6.93. The fraction of sp³-hybridized carbons (Fsp3) is 0.419. The molecule has 2 aromatic rings. The van der Waals surface area contributed by atoms with Crippen LogP contribution in [0.5, 0.6) is 5.75 Å². The van der Waals surface area contributed by atoms with Crippen LogP contribution in [-0.2, 0) is 36.8 Å². The van der Waals surface area contributed by atoms with Crippen molar-refractivity contribution in [2.45, 2.75) is 52.1 Å². The molecule has 4 unspecified atom stereocenters. The van der Waals surface area contributed by atoms with Gasteiger partial charge in [-0.15, -0.1) is 0 Å². The number of hydrogen-bond acceptors (Lipinski definition) is 8. The number of aliphatic hydroxyl groups is 1. The highest BCUT2D eigenvalue weighted by Crippen LogP contribution is 2.49. The van der Waals surface area contributed by atoms with Crippen LogP contribution >= 0.6 is 0 Å². The van der Waals surface area contributed by atoms with Gasteiger partial charge in [-0.2, -0.15) is 0 Å². The Balaban J connectivity index is 1.47. The van der Waals surface area contributed by atoms with Gasteiger partial charge in [0.1, 0.15) is 23.2 Å². The van der Waals surface area contributed by atoms with Crippen LogP contribution in [0.4, 0.5) is 0 Å². The van der Waals surface area contributed by atoms with Crippen molar-refractivity contribution in [3.8, 4) is 16.9 Å². The molecule has 2 fully saturated rings. The van der Waals surface area contributed by atoms with Crippen LogP contribution in [-0.4, -0.2) is 51.0 Å². The van der Waals surface area contributed by atoms with Gasteiger partial charge in [0.2, 0.25) is 0 Å². The smallest absolute Gasteiger partial charge is 0.177 e. The minimum atomic E-state index is -1.44. The van der Waals surface area contributed by atoms with E-state index in [9.17, 15) is 39.0 Å². The van der Waals surface area contributed by atoms with Gasteiger partial charge in [0.05, 0.1) is 23.5 Å². The fourth-order valence-electron chi connectivity index (χ4n) is 6.82. The molecule has 5 rings (SSSR count). The van der Waals surface area contributed by atoms with Crippen molar-refractivity contribution in [2.75, 3.05) is 0 Å². The molecule has 2 saturated carbocycles. The highest BCUT2D eigenvalue weighted by atomic mass is 16.3. The van der Waals surface area contributed by atoms with Crippen LogP contribution in [0.2, 0.25) is 0 Å². The Morgan fingerprint density at radius 2 is 1.59 bits per heavy atom. The molecule has 0 heterocycles. The van der Waals surface area contributed by atoms with Crippen molar-refractivity contribution < 1.29 is 39.0 Å². The lowest BCUT2D eigenvalue weighted by Gasteiger charge is -2.44. The van der Waals surface area contributed by atoms with Gasteiger partial charge in [0, 0.05) is 19.3 Å². The molecule has 3 aliphatic rings. The zero-order valence-electron chi connectivity index (χ0n) is 21.8. The number of ketones is 6. The van der Waals surface area contributed by atoms with Crippen LogP contribution in [0.25, 0.3) is 11.1 Å². The topological polar surface area (TPSA) is 143 Å². The van der Waals surface area contributed by atoms with Gasteiger partial charge in [0.25, 0.3) is 0 Å². The van der Waals surface area contributed by atoms with E-state index in [1.807, 2.05) is 12.1 Å². The minimum Gasteiger partial charge on any atom is -0.507 e. The van der Waals surface area contributed by atoms with Gasteiger partial charge in [-0.3, -0.25) is 28.8 Å². The first-order valence-corrected chi connectivity index (χ1v) is 13.3. The highest BCUT2D eigenvalue weighted by molar-refractivity contribution is 6.28. The zero-order valence-corrected chi connectivity index (χ0v) is 21.8. The molecule has 0 bridgehead atoms. The van der Waals surface area contributed by atoms with Gasteiger partial charge in [-0.05, 0) is 66.8 Å². The molecule has 0 radical (unpaired) electrons. The Morgan fingerprint density at radius 1 is 0.923 bits per heavy atom. The monoisotopic (exact) mass is 530 g/mol. The summed E-state index contributed by atoms with van der Waals surface area (Å²) in [5.74, 6) is -7.81. The van der Waals surface area contributed by atoms with Crippen molar-refractivity contribution in [1.82, 2.24) is 0 Å². The molecule has 8 heteroatoms. The SMILES string of the molecule is CC(=O)C1C(=O)C[C@@H]2C[C@@H]3Cc4c(-c5ccc(CC(=O)CC(C)O)cc5)ccc(O)c4C(=O)C3C(=O)C2C1=O. The molecule has 202 valence electrons. The third kappa shape index (κ3) is 4.67. The molecule has 0 aliphatic heterocycles. The van der Waals surface area contributed by atoms with E-state index in [1.54, 1.807) is 25.1 Å². The summed E-state index contributed by atoms with van der Waals surface area (Å²) in [5.41, 5.74) is 2.96. The predicted molar refractivity (Wildman–Crippen MR) is 139 cm³/mol. The average Bonchev–Trinajstić information content (AvgIpc) is 2.83. The number of phenols is 1. The van der Waals surface area contributed by atoms with E-state index in [0.717, 1.165) is 16.7 Å². The second-order valence-electron chi connectivity index (χ2n) is 11.2. The molecular formula is C31H30O8. The average molecular weight is 531 g/mol. The lowest BCUT2D eigenvalue weighted by Crippen LogP contribution is -2.55. The first kappa shape index (κ1) is 26.8. The molecule has 0 aromatic heterocycles. The van der Waals surface area contributed by atoms with E-state index in [2.05, 4.69) is 0 Å². The molecule has 39 heavy (non-hydrogen) atoms. The van der Waals surface area contributed by atoms with Gasteiger partial charge in [-0.25, -0.2) is 0 Å². The van der Waals surface area contributed by atoms with Gasteiger partial charge < -0.3 is 10.2 Å². The molecule has 0 saturated heterocycles. The molecule has 3 aliphatic carbocycles. The number of Topliss-reactive ketones (excluding diaryl/α,β-unsaturated/α-hetero) is 6. The number of benzene rings is 2. The van der Waals surface area contributed by atoms with Crippen molar-refractivity contribution in [2.24, 2.45) is 29.6 Å². The number of carbonyl (C=O) groups excluding carboxylic acids is 6. The highest BCUT2D eigenvalue weighted by Gasteiger charge is 2.57. The molecule has 0 spiro atoms. The van der Waals surface area contributed by atoms with Crippen LogP contribution in [0.3, 0.4) is 0 Å². The third-order valence-electron chi connectivity index (χ3n) is 8.42. The van der Waals surface area contributed by atoms with E-state index >= 15 is 0 Å². The van der Waals surface area contributed by atoms with Gasteiger partial charge in [-0.1, -0.05) is 30.3 Å². The van der Waals surface area contributed by atoms with E-state index in [0.29, 0.717) is 18.4 Å². The maximum Gasteiger partial charge on any atom is 0.177 e. The number of fused-ring (bicyclic) bond motifs is 3. The summed E-state index contributed by atoms with van der Waals surface area (Å²) in [6.07, 6.45) is 0.159. The summed E-state index contributed by atoms with van der Waals surface area (Å²) in [4.78, 5) is 76.9. The normalized spacial score (nSPS) is 26.9. The van der Waals surface area contributed by atoms with Crippen molar-refractivity contribution in [3.63, 3.8) is 0 Å². The van der Waals surface area contributed by atoms with Crippen molar-refractivity contribution in [1.29, 1.82) is 0 Å². The molecule has 6 atom stereocenters. The second kappa shape index (κ2) is 10.1. The van der Waals surface area contributed by atoms with Crippen molar-refractivity contribution >= 4 is 34.7 Å².